The first-order valence-electron chi connectivity index (χ1n) is 29.9. The van der Waals surface area contributed by atoms with Crippen molar-refractivity contribution in [2.45, 2.75) is 19.3 Å². The first-order valence-corrected chi connectivity index (χ1v) is 15.9. The average molecular weight is 691 g/mol. The highest BCUT2D eigenvalue weighted by molar-refractivity contribution is 6.23. The van der Waals surface area contributed by atoms with E-state index in [-0.39, 0.29) is 22.3 Å². The Morgan fingerprint density at radius 2 is 0.962 bits per heavy atom. The van der Waals surface area contributed by atoms with Gasteiger partial charge in [-0.2, -0.15) is 0 Å². The van der Waals surface area contributed by atoms with E-state index < -0.39 is 262 Å². The molecule has 9 aromatic carbocycles. The van der Waals surface area contributed by atoms with Gasteiger partial charge in [-0.1, -0.05) is 165 Å². The highest BCUT2D eigenvalue weighted by Gasteiger charge is 2.36. The lowest BCUT2D eigenvalue weighted by atomic mass is 9.82. The van der Waals surface area contributed by atoms with E-state index >= 15 is 0 Å². The van der Waals surface area contributed by atoms with Crippen molar-refractivity contribution in [2.75, 3.05) is 0 Å². The summed E-state index contributed by atoms with van der Waals surface area (Å²) in [6.45, 7) is 3.04. The molecular formula is C51H34O. The zero-order chi connectivity index (χ0) is 58.9. The molecule has 0 saturated heterocycles. The Kier molecular flexibility index (Phi) is 2.69. The third-order valence-corrected chi connectivity index (χ3v) is 9.50. The molecule has 0 amide bonds. The van der Waals surface area contributed by atoms with E-state index in [0.29, 0.717) is 0 Å². The zero-order valence-electron chi connectivity index (χ0n) is 54.9. The van der Waals surface area contributed by atoms with Gasteiger partial charge in [0.2, 0.25) is 0 Å². The fraction of sp³-hybridized carbons (Fsp3) is 0.0588. The molecular weight excluding hydrogens is 629 g/mol. The van der Waals surface area contributed by atoms with Crippen LogP contribution in [0, 0.1) is 0 Å². The number of fused-ring (bicyclic) bond motifs is 10. The van der Waals surface area contributed by atoms with Crippen LogP contribution in [-0.2, 0) is 5.41 Å². The van der Waals surface area contributed by atoms with Crippen LogP contribution in [0.5, 0.6) is 0 Å². The molecule has 0 bridgehead atoms. The Balaban J connectivity index is 1.35. The van der Waals surface area contributed by atoms with Crippen LogP contribution in [-0.4, -0.2) is 0 Å². The summed E-state index contributed by atoms with van der Waals surface area (Å²) < 4.78 is 262. The van der Waals surface area contributed by atoms with Gasteiger partial charge in [-0.15, -0.1) is 0 Å². The molecule has 0 aliphatic heterocycles. The van der Waals surface area contributed by atoms with Gasteiger partial charge < -0.3 is 4.42 Å². The van der Waals surface area contributed by atoms with Crippen molar-refractivity contribution in [3.63, 3.8) is 0 Å². The molecule has 1 aliphatic rings. The molecule has 0 N–H and O–H groups in total. The molecule has 1 heterocycles. The van der Waals surface area contributed by atoms with E-state index in [1.54, 1.807) is 0 Å². The minimum Gasteiger partial charge on any atom is -0.455 e. The summed E-state index contributed by atoms with van der Waals surface area (Å²) in [5.41, 5.74) is -7.47. The third-order valence-electron chi connectivity index (χ3n) is 9.50. The second kappa shape index (κ2) is 10.8. The molecule has 1 aliphatic carbocycles. The van der Waals surface area contributed by atoms with Crippen molar-refractivity contribution in [2.24, 2.45) is 0 Å². The maximum Gasteiger partial charge on any atom is 0.143 e. The number of furan rings is 1. The van der Waals surface area contributed by atoms with Gasteiger partial charge in [-0.05, 0) is 101 Å². The van der Waals surface area contributed by atoms with Crippen LogP contribution >= 0.6 is 0 Å². The molecule has 0 fully saturated rings. The summed E-state index contributed by atoms with van der Waals surface area (Å²) in [6, 6.07) is -23.9. The van der Waals surface area contributed by atoms with Gasteiger partial charge in [0.05, 0.1) is 38.4 Å². The van der Waals surface area contributed by atoms with Crippen molar-refractivity contribution < 1.29 is 42.8 Å². The average Bonchev–Trinajstić information content (AvgIpc) is 3.90. The van der Waals surface area contributed by atoms with E-state index in [0.717, 1.165) is 0 Å². The van der Waals surface area contributed by atoms with E-state index in [1.165, 1.54) is 13.8 Å². The van der Waals surface area contributed by atoms with Crippen LogP contribution < -0.4 is 0 Å². The maximum atomic E-state index is 9.88. The summed E-state index contributed by atoms with van der Waals surface area (Å²) in [5, 5.41) is -4.76. The predicted octanol–water partition coefficient (Wildman–Crippen LogP) is 14.4. The molecule has 0 radical (unpaired) electrons. The van der Waals surface area contributed by atoms with Crippen molar-refractivity contribution in [3.8, 4) is 44.5 Å². The fourth-order valence-electron chi connectivity index (χ4n) is 7.13. The first kappa shape index (κ1) is 13.0. The third kappa shape index (κ3) is 4.05. The van der Waals surface area contributed by atoms with Crippen LogP contribution in [0.3, 0.4) is 0 Å². The van der Waals surface area contributed by atoms with Crippen LogP contribution in [0.1, 0.15) is 63.4 Å². The lowest BCUT2D eigenvalue weighted by Gasteiger charge is -2.21. The molecule has 11 rings (SSSR count). The van der Waals surface area contributed by atoms with Gasteiger partial charge in [-0.25, -0.2) is 0 Å². The Morgan fingerprint density at radius 3 is 1.69 bits per heavy atom. The van der Waals surface area contributed by atoms with Crippen molar-refractivity contribution >= 4 is 54.3 Å². The SMILES string of the molecule is [2H]c1c([2H])c([2H])c2c(c1[2H])-c1c(-c3c([2H])c([2H])c(-c4c5c([2H])c([2H])c([2H])c([2H])c5c(-c5c([2H])c([2H])c6oc7c8c([2H])c([2H])c([2H])c([2H])c8c([2H])c([2H])c7c6c5[2H])c5c([2H])c([2H])c([2H])c([2H])c45)c([2H])c3[2H])c([2H])c([2H])c([2H])c1C2(C)C. The van der Waals surface area contributed by atoms with E-state index in [1.807, 2.05) is 0 Å². The topological polar surface area (TPSA) is 13.1 Å². The molecule has 1 heteroatoms. The molecule has 0 spiro atoms. The zero-order valence-corrected chi connectivity index (χ0v) is 26.9. The Hall–Kier alpha value is -6.44. The molecule has 0 atom stereocenters. The van der Waals surface area contributed by atoms with E-state index in [2.05, 4.69) is 0 Å². The Labute approximate surface area is 341 Å². The summed E-state index contributed by atoms with van der Waals surface area (Å²) in [4.78, 5) is 0. The van der Waals surface area contributed by atoms with Gasteiger partial charge in [0, 0.05) is 21.6 Å². The van der Waals surface area contributed by atoms with Gasteiger partial charge in [0.1, 0.15) is 11.2 Å². The molecule has 52 heavy (non-hydrogen) atoms. The van der Waals surface area contributed by atoms with Crippen molar-refractivity contribution in [1.82, 2.24) is 0 Å². The number of hydrogen-bond donors (Lipinski definition) is 0. The van der Waals surface area contributed by atoms with Crippen LogP contribution in [0.2, 0.25) is 0 Å². The summed E-state index contributed by atoms with van der Waals surface area (Å²) >= 11 is 0. The monoisotopic (exact) mass is 690 g/mol. The smallest absolute Gasteiger partial charge is 0.143 e. The largest absolute Gasteiger partial charge is 0.455 e. The van der Waals surface area contributed by atoms with Gasteiger partial charge >= 0.3 is 0 Å². The lowest BCUT2D eigenvalue weighted by Crippen LogP contribution is -2.14. The lowest BCUT2D eigenvalue weighted by molar-refractivity contribution is 0.660. The second-order valence-corrected chi connectivity index (χ2v) is 12.6. The van der Waals surface area contributed by atoms with Crippen LogP contribution in [0.15, 0.2) is 174 Å². The van der Waals surface area contributed by atoms with Crippen molar-refractivity contribution in [3.05, 3.63) is 180 Å². The Morgan fingerprint density at radius 1 is 0.404 bits per heavy atom. The molecule has 244 valence electrons. The molecule has 0 saturated carbocycles. The fourth-order valence-corrected chi connectivity index (χ4v) is 7.13. The normalized spacial score (nSPS) is 20.9. The summed E-state index contributed by atoms with van der Waals surface area (Å²) in [7, 11) is 0. The highest BCUT2D eigenvalue weighted by Crippen LogP contribution is 2.52. The summed E-state index contributed by atoms with van der Waals surface area (Å²) in [5.74, 6) is 0. The summed E-state index contributed by atoms with van der Waals surface area (Å²) in [6.07, 6.45) is 0. The van der Waals surface area contributed by atoms with Crippen LogP contribution in [0.4, 0.5) is 0 Å². The number of hydrogen-bond acceptors (Lipinski definition) is 1. The van der Waals surface area contributed by atoms with Gasteiger partial charge in [-0.3, -0.25) is 0 Å². The van der Waals surface area contributed by atoms with Crippen molar-refractivity contribution in [1.29, 1.82) is 0 Å². The number of benzene rings is 9. The molecule has 1 nitrogen and oxygen atoms in total. The first-order chi connectivity index (χ1) is 37.2. The van der Waals surface area contributed by atoms with E-state index in [4.69, 9.17) is 26.3 Å². The number of rotatable bonds is 3. The molecule has 10 aromatic rings. The van der Waals surface area contributed by atoms with E-state index in [9.17, 15) is 16.4 Å². The predicted molar refractivity (Wildman–Crippen MR) is 220 cm³/mol. The minimum absolute atomic E-state index is 0.0404. The highest BCUT2D eigenvalue weighted by atomic mass is 16.3. The molecule has 0 unspecified atom stereocenters. The van der Waals surface area contributed by atoms with Gasteiger partial charge in [0.15, 0.2) is 0 Å². The second-order valence-electron chi connectivity index (χ2n) is 12.6. The van der Waals surface area contributed by atoms with Crippen LogP contribution in [0.25, 0.3) is 98.8 Å². The maximum absolute atomic E-state index is 9.88. The molecule has 1 aromatic heterocycles. The Bertz CT molecular complexity index is 4600. The minimum atomic E-state index is -1.48. The standard InChI is InChI=1S/C51H34O/c1-51(2)44-20-10-9-18-42(44)49-35(19-11-21-45(49)51)32-22-24-33(25-23-32)47-37-14-5-7-16-39(37)48(40-17-8-6-15-38(40)47)34-27-29-46-43(30-34)41-28-26-31-12-3-4-13-36(31)50(41)52-46/h3-30H,1-2H3/i3D,4D,5D,6D,7D,8D,9D,10D,11D,12D,13D,14D,15D,16D,17D,18D,19D,20D,21D,22D,23D,24D,25D,26D,27D,28D,29D,30D. The van der Waals surface area contributed by atoms with Gasteiger partial charge in [0.25, 0.3) is 0 Å². The quantitative estimate of drug-likeness (QED) is 0.168.